The van der Waals surface area contributed by atoms with E-state index in [4.69, 9.17) is 0 Å². The summed E-state index contributed by atoms with van der Waals surface area (Å²) in [5, 5.41) is 12.3. The molecule has 110 valence electrons. The monoisotopic (exact) mass is 347 g/mol. The molecule has 2 N–H and O–H groups in total. The van der Waals surface area contributed by atoms with Gasteiger partial charge in [0.15, 0.2) is 0 Å². The second-order valence-electron chi connectivity index (χ2n) is 4.94. The van der Waals surface area contributed by atoms with Gasteiger partial charge in [0.2, 0.25) is 5.91 Å². The minimum Gasteiger partial charge on any atom is -0.394 e. The third-order valence-corrected chi connectivity index (χ3v) is 3.72. The zero-order chi connectivity index (χ0) is 15.1. The van der Waals surface area contributed by atoms with Crippen LogP contribution >= 0.6 is 15.9 Å². The molecule has 21 heavy (non-hydrogen) atoms. The highest BCUT2D eigenvalue weighted by Gasteiger charge is 2.12. The van der Waals surface area contributed by atoms with Crippen molar-refractivity contribution < 1.29 is 9.90 Å². The van der Waals surface area contributed by atoms with Crippen LogP contribution in [0.15, 0.2) is 59.1 Å². The van der Waals surface area contributed by atoms with Gasteiger partial charge in [0.05, 0.1) is 19.1 Å². The van der Waals surface area contributed by atoms with E-state index in [2.05, 4.69) is 21.2 Å². The summed E-state index contributed by atoms with van der Waals surface area (Å²) >= 11 is 3.37. The van der Waals surface area contributed by atoms with E-state index in [1.165, 1.54) is 0 Å². The SMILES string of the molecule is O=C(Cc1ccc(Br)cc1)N[C@H](CO)Cc1ccccc1. The normalized spacial score (nSPS) is 11.9. The van der Waals surface area contributed by atoms with Crippen LogP contribution in [0.1, 0.15) is 11.1 Å². The van der Waals surface area contributed by atoms with Crippen molar-refractivity contribution in [2.24, 2.45) is 0 Å². The maximum Gasteiger partial charge on any atom is 0.224 e. The molecule has 0 spiro atoms. The Hall–Kier alpha value is -1.65. The molecule has 1 atom stereocenters. The average molecular weight is 348 g/mol. The van der Waals surface area contributed by atoms with Gasteiger partial charge in [-0.2, -0.15) is 0 Å². The van der Waals surface area contributed by atoms with Gasteiger partial charge in [0.25, 0.3) is 0 Å². The van der Waals surface area contributed by atoms with E-state index >= 15 is 0 Å². The number of halogens is 1. The summed E-state index contributed by atoms with van der Waals surface area (Å²) < 4.78 is 0.990. The van der Waals surface area contributed by atoms with E-state index in [1.807, 2.05) is 54.6 Å². The summed E-state index contributed by atoms with van der Waals surface area (Å²) in [4.78, 5) is 12.0. The molecule has 0 aliphatic heterocycles. The van der Waals surface area contributed by atoms with Crippen molar-refractivity contribution in [3.05, 3.63) is 70.2 Å². The smallest absolute Gasteiger partial charge is 0.224 e. The molecule has 2 aromatic rings. The van der Waals surface area contributed by atoms with E-state index < -0.39 is 0 Å². The summed E-state index contributed by atoms with van der Waals surface area (Å²) in [5.74, 6) is -0.0766. The molecule has 3 nitrogen and oxygen atoms in total. The topological polar surface area (TPSA) is 49.3 Å². The number of hydrogen-bond donors (Lipinski definition) is 2. The Morgan fingerprint density at radius 2 is 1.71 bits per heavy atom. The first-order valence-electron chi connectivity index (χ1n) is 6.86. The molecular weight excluding hydrogens is 330 g/mol. The van der Waals surface area contributed by atoms with E-state index in [1.54, 1.807) is 0 Å². The van der Waals surface area contributed by atoms with Crippen molar-refractivity contribution >= 4 is 21.8 Å². The zero-order valence-corrected chi connectivity index (χ0v) is 13.2. The van der Waals surface area contributed by atoms with E-state index in [9.17, 15) is 9.90 Å². The van der Waals surface area contributed by atoms with Gasteiger partial charge in [-0.1, -0.05) is 58.4 Å². The number of hydrogen-bond acceptors (Lipinski definition) is 2. The van der Waals surface area contributed by atoms with Crippen molar-refractivity contribution in [2.45, 2.75) is 18.9 Å². The number of benzene rings is 2. The van der Waals surface area contributed by atoms with Gasteiger partial charge in [0.1, 0.15) is 0 Å². The maximum atomic E-state index is 12.0. The Morgan fingerprint density at radius 3 is 2.33 bits per heavy atom. The van der Waals surface area contributed by atoms with E-state index in [0.717, 1.165) is 15.6 Å². The Labute approximate surface area is 133 Å². The number of rotatable bonds is 6. The van der Waals surface area contributed by atoms with Crippen LogP contribution in [0, 0.1) is 0 Å². The first-order chi connectivity index (χ1) is 10.2. The summed E-state index contributed by atoms with van der Waals surface area (Å²) in [6, 6.07) is 17.2. The van der Waals surface area contributed by atoms with Crippen molar-refractivity contribution in [3.63, 3.8) is 0 Å². The third-order valence-electron chi connectivity index (χ3n) is 3.19. The quantitative estimate of drug-likeness (QED) is 0.843. The lowest BCUT2D eigenvalue weighted by Gasteiger charge is -2.16. The predicted molar refractivity (Wildman–Crippen MR) is 87.0 cm³/mol. The Bertz CT molecular complexity index is 569. The number of amides is 1. The Kier molecular flexibility index (Phi) is 5.96. The van der Waals surface area contributed by atoms with Gasteiger partial charge >= 0.3 is 0 Å². The first-order valence-corrected chi connectivity index (χ1v) is 7.65. The van der Waals surface area contributed by atoms with E-state index in [-0.39, 0.29) is 18.6 Å². The van der Waals surface area contributed by atoms with Gasteiger partial charge in [-0.05, 0) is 29.7 Å². The van der Waals surface area contributed by atoms with Crippen LogP contribution in [0.4, 0.5) is 0 Å². The molecule has 0 heterocycles. The number of carbonyl (C=O) groups is 1. The fraction of sp³-hybridized carbons (Fsp3) is 0.235. The molecule has 4 heteroatoms. The summed E-state index contributed by atoms with van der Waals surface area (Å²) in [7, 11) is 0. The lowest BCUT2D eigenvalue weighted by Crippen LogP contribution is -2.39. The van der Waals surface area contributed by atoms with Crippen LogP contribution in [-0.2, 0) is 17.6 Å². The maximum absolute atomic E-state index is 12.0. The molecule has 0 fully saturated rings. The van der Waals surface area contributed by atoms with Crippen LogP contribution in [0.25, 0.3) is 0 Å². The summed E-state index contributed by atoms with van der Waals surface area (Å²) in [5.41, 5.74) is 2.05. The summed E-state index contributed by atoms with van der Waals surface area (Å²) in [6.45, 7) is -0.0685. The zero-order valence-electron chi connectivity index (χ0n) is 11.6. The molecule has 0 aliphatic rings. The predicted octanol–water partition coefficient (Wildman–Crippen LogP) is 2.71. The fourth-order valence-electron chi connectivity index (χ4n) is 2.13. The third kappa shape index (κ3) is 5.33. The minimum atomic E-state index is -0.254. The van der Waals surface area contributed by atoms with Crippen LogP contribution in [0.2, 0.25) is 0 Å². The number of aliphatic hydroxyl groups excluding tert-OH is 1. The first kappa shape index (κ1) is 15.7. The van der Waals surface area contributed by atoms with Crippen molar-refractivity contribution in [1.82, 2.24) is 5.32 Å². The van der Waals surface area contributed by atoms with E-state index in [0.29, 0.717) is 12.8 Å². The second kappa shape index (κ2) is 7.96. The molecule has 0 unspecified atom stereocenters. The van der Waals surface area contributed by atoms with Gasteiger partial charge in [-0.15, -0.1) is 0 Å². The van der Waals surface area contributed by atoms with Crippen LogP contribution in [0.5, 0.6) is 0 Å². The second-order valence-corrected chi connectivity index (χ2v) is 5.86. The van der Waals surface area contributed by atoms with Crippen molar-refractivity contribution in [1.29, 1.82) is 0 Å². The Balaban J connectivity index is 1.89. The molecule has 1 amide bonds. The van der Waals surface area contributed by atoms with Crippen LogP contribution in [0.3, 0.4) is 0 Å². The van der Waals surface area contributed by atoms with Gasteiger partial charge in [-0.25, -0.2) is 0 Å². The fourth-order valence-corrected chi connectivity index (χ4v) is 2.39. The largest absolute Gasteiger partial charge is 0.394 e. The lowest BCUT2D eigenvalue weighted by molar-refractivity contribution is -0.121. The number of aliphatic hydroxyl groups is 1. The van der Waals surface area contributed by atoms with Crippen molar-refractivity contribution in [3.8, 4) is 0 Å². The Morgan fingerprint density at radius 1 is 1.05 bits per heavy atom. The highest BCUT2D eigenvalue weighted by atomic mass is 79.9. The van der Waals surface area contributed by atoms with Gasteiger partial charge < -0.3 is 10.4 Å². The molecule has 0 aliphatic carbocycles. The average Bonchev–Trinajstić information content (AvgIpc) is 2.50. The summed E-state index contributed by atoms with van der Waals surface area (Å²) in [6.07, 6.45) is 0.946. The lowest BCUT2D eigenvalue weighted by atomic mass is 10.1. The molecule has 0 saturated carbocycles. The minimum absolute atomic E-state index is 0.0685. The molecular formula is C17H18BrNO2. The molecule has 0 bridgehead atoms. The van der Waals surface area contributed by atoms with Gasteiger partial charge in [0, 0.05) is 4.47 Å². The van der Waals surface area contributed by atoms with Gasteiger partial charge in [-0.3, -0.25) is 4.79 Å². The highest BCUT2D eigenvalue weighted by molar-refractivity contribution is 9.10. The number of carbonyl (C=O) groups excluding carboxylic acids is 1. The molecule has 2 rings (SSSR count). The van der Waals surface area contributed by atoms with Crippen LogP contribution < -0.4 is 5.32 Å². The molecule has 0 saturated heterocycles. The standard InChI is InChI=1S/C17H18BrNO2/c18-15-8-6-14(7-9-15)11-17(21)19-16(12-20)10-13-4-2-1-3-5-13/h1-9,16,20H,10-12H2,(H,19,21)/t16-/m0/s1. The van der Waals surface area contributed by atoms with Crippen LogP contribution in [-0.4, -0.2) is 23.7 Å². The highest BCUT2D eigenvalue weighted by Crippen LogP contribution is 2.11. The number of nitrogens with one attached hydrogen (secondary N) is 1. The molecule has 0 aromatic heterocycles. The molecule has 0 radical (unpaired) electrons. The van der Waals surface area contributed by atoms with Crippen molar-refractivity contribution in [2.75, 3.05) is 6.61 Å². The molecule has 2 aromatic carbocycles.